The summed E-state index contributed by atoms with van der Waals surface area (Å²) in [6.07, 6.45) is 0. The van der Waals surface area contributed by atoms with Crippen LogP contribution in [0.3, 0.4) is 0 Å². The Morgan fingerprint density at radius 3 is 1.69 bits per heavy atom. The molecule has 0 unspecified atom stereocenters. The van der Waals surface area contributed by atoms with Crippen LogP contribution in [0.15, 0.2) is 247 Å². The lowest BCUT2D eigenvalue weighted by Gasteiger charge is -2.30. The smallest absolute Gasteiger partial charge is 0.143 e. The van der Waals surface area contributed by atoms with Gasteiger partial charge in [-0.1, -0.05) is 194 Å². The summed E-state index contributed by atoms with van der Waals surface area (Å²) in [5.41, 5.74) is 15.3. The number of nitrogens with zero attached hydrogens (tertiary/aromatic N) is 2. The number of benzene rings is 11. The van der Waals surface area contributed by atoms with E-state index in [9.17, 15) is 0 Å². The quantitative estimate of drug-likeness (QED) is 0.149. The van der Waals surface area contributed by atoms with Gasteiger partial charge < -0.3 is 13.9 Å². The largest absolute Gasteiger partial charge is 0.455 e. The lowest BCUT2D eigenvalue weighted by Crippen LogP contribution is -2.12. The molecule has 0 saturated heterocycles. The van der Waals surface area contributed by atoms with Crippen molar-refractivity contribution in [2.24, 2.45) is 0 Å². The van der Waals surface area contributed by atoms with E-state index in [1.807, 2.05) is 6.07 Å². The Morgan fingerprint density at radius 1 is 0.323 bits per heavy atom. The molecule has 0 spiro atoms. The van der Waals surface area contributed by atoms with Crippen LogP contribution in [0.2, 0.25) is 0 Å². The summed E-state index contributed by atoms with van der Waals surface area (Å²) in [6, 6.07) is 87.8. The van der Waals surface area contributed by atoms with E-state index < -0.39 is 0 Å². The highest BCUT2D eigenvalue weighted by Crippen LogP contribution is 2.48. The van der Waals surface area contributed by atoms with Crippen LogP contribution in [-0.4, -0.2) is 4.57 Å². The van der Waals surface area contributed by atoms with Gasteiger partial charge in [-0.25, -0.2) is 0 Å². The van der Waals surface area contributed by atoms with Gasteiger partial charge in [-0.15, -0.1) is 0 Å². The molecule has 0 aliphatic heterocycles. The van der Waals surface area contributed by atoms with Crippen LogP contribution in [0.1, 0.15) is 0 Å². The molecule has 0 radical (unpaired) electrons. The average Bonchev–Trinajstić information content (AvgIpc) is 3.93. The van der Waals surface area contributed by atoms with Gasteiger partial charge in [0.05, 0.1) is 28.1 Å². The molecular weight excluding hydrogens is 789 g/mol. The van der Waals surface area contributed by atoms with Crippen LogP contribution >= 0.6 is 0 Å². The van der Waals surface area contributed by atoms with Gasteiger partial charge in [0.25, 0.3) is 0 Å². The second-order valence-corrected chi connectivity index (χ2v) is 16.8. The first-order valence-corrected chi connectivity index (χ1v) is 22.3. The first-order chi connectivity index (χ1) is 32.3. The van der Waals surface area contributed by atoms with Gasteiger partial charge in [0, 0.05) is 49.3 Å². The molecule has 0 aliphatic carbocycles. The molecule has 0 N–H and O–H groups in total. The van der Waals surface area contributed by atoms with Crippen molar-refractivity contribution in [3.8, 4) is 39.1 Å². The van der Waals surface area contributed by atoms with Crippen molar-refractivity contribution in [3.05, 3.63) is 243 Å². The summed E-state index contributed by atoms with van der Waals surface area (Å²) in [5, 5.41) is 9.53. The molecule has 0 amide bonds. The molecule has 0 bridgehead atoms. The Kier molecular flexibility index (Phi) is 8.53. The Morgan fingerprint density at radius 2 is 0.908 bits per heavy atom. The normalized spacial score (nSPS) is 11.7. The third-order valence-corrected chi connectivity index (χ3v) is 13.2. The number of para-hydroxylation sites is 5. The van der Waals surface area contributed by atoms with Gasteiger partial charge in [-0.05, 0) is 81.4 Å². The minimum atomic E-state index is 0.886. The van der Waals surface area contributed by atoms with Crippen LogP contribution in [0.5, 0.6) is 0 Å². The minimum absolute atomic E-state index is 0.886. The maximum atomic E-state index is 6.69. The molecular formula is C62H40N2O. The van der Waals surface area contributed by atoms with E-state index in [2.05, 4.69) is 246 Å². The standard InChI is InChI=1S/C62H40N2O/c1-2-17-41(18-3-1)43-35-38-47(59(39-43)64-57-30-13-8-23-50(57)51-24-9-14-31-58(51)64)42-33-36-45(37-34-42)63(60-40-44-19-4-5-20-46(44)48-21-6-7-22-49(48)60)56-29-12-10-25-52(56)54-27-16-28-55-53-26-11-15-32-61(53)65-62(54)55/h1-40H. The van der Waals surface area contributed by atoms with Gasteiger partial charge >= 0.3 is 0 Å². The predicted octanol–water partition coefficient (Wildman–Crippen LogP) is 17.5. The zero-order valence-corrected chi connectivity index (χ0v) is 35.4. The number of furan rings is 1. The lowest BCUT2D eigenvalue weighted by atomic mass is 9.95. The maximum absolute atomic E-state index is 6.69. The van der Waals surface area contributed by atoms with Crippen LogP contribution in [0, 0.1) is 0 Å². The fourth-order valence-corrected chi connectivity index (χ4v) is 10.2. The Balaban J connectivity index is 1.04. The summed E-state index contributed by atoms with van der Waals surface area (Å²) in [4.78, 5) is 2.45. The highest BCUT2D eigenvalue weighted by atomic mass is 16.3. The molecule has 13 aromatic rings. The van der Waals surface area contributed by atoms with Gasteiger partial charge in [-0.3, -0.25) is 0 Å². The average molecular weight is 829 g/mol. The highest BCUT2D eigenvalue weighted by Gasteiger charge is 2.23. The van der Waals surface area contributed by atoms with Gasteiger partial charge in [0.1, 0.15) is 11.2 Å². The van der Waals surface area contributed by atoms with E-state index in [-0.39, 0.29) is 0 Å². The third kappa shape index (κ3) is 5.97. The first-order valence-electron chi connectivity index (χ1n) is 22.3. The zero-order chi connectivity index (χ0) is 42.8. The number of rotatable bonds is 7. The number of aromatic nitrogens is 1. The molecule has 304 valence electrons. The van der Waals surface area contributed by atoms with E-state index in [0.717, 1.165) is 66.9 Å². The van der Waals surface area contributed by atoms with Crippen LogP contribution in [-0.2, 0) is 0 Å². The summed E-state index contributed by atoms with van der Waals surface area (Å²) in [6.45, 7) is 0. The Bertz CT molecular complexity index is 3900. The lowest BCUT2D eigenvalue weighted by molar-refractivity contribution is 0.670. The van der Waals surface area contributed by atoms with Gasteiger partial charge in [-0.2, -0.15) is 0 Å². The number of hydrogen-bond acceptors (Lipinski definition) is 2. The van der Waals surface area contributed by atoms with E-state index >= 15 is 0 Å². The number of anilines is 3. The van der Waals surface area contributed by atoms with Crippen molar-refractivity contribution in [1.82, 2.24) is 4.57 Å². The second kappa shape index (κ2) is 15.0. The molecule has 3 nitrogen and oxygen atoms in total. The van der Waals surface area contributed by atoms with Crippen molar-refractivity contribution in [1.29, 1.82) is 0 Å². The molecule has 65 heavy (non-hydrogen) atoms. The first kappa shape index (κ1) is 36.9. The van der Waals surface area contributed by atoms with Crippen molar-refractivity contribution in [3.63, 3.8) is 0 Å². The number of fused-ring (bicyclic) bond motifs is 9. The molecule has 2 aromatic heterocycles. The van der Waals surface area contributed by atoms with Crippen molar-refractivity contribution >= 4 is 82.4 Å². The molecule has 0 fully saturated rings. The zero-order valence-electron chi connectivity index (χ0n) is 35.4. The third-order valence-electron chi connectivity index (χ3n) is 13.2. The fraction of sp³-hybridized carbons (Fsp3) is 0. The van der Waals surface area contributed by atoms with Crippen LogP contribution in [0.25, 0.3) is 104 Å². The van der Waals surface area contributed by atoms with E-state index in [1.54, 1.807) is 0 Å². The molecule has 0 aliphatic rings. The Labute approximate surface area is 376 Å². The topological polar surface area (TPSA) is 21.3 Å². The van der Waals surface area contributed by atoms with Gasteiger partial charge in [0.15, 0.2) is 0 Å². The fourth-order valence-electron chi connectivity index (χ4n) is 10.2. The minimum Gasteiger partial charge on any atom is -0.455 e. The van der Waals surface area contributed by atoms with Crippen molar-refractivity contribution < 1.29 is 4.42 Å². The van der Waals surface area contributed by atoms with E-state index in [4.69, 9.17) is 4.42 Å². The second-order valence-electron chi connectivity index (χ2n) is 16.8. The molecule has 13 rings (SSSR count). The summed E-state index contributed by atoms with van der Waals surface area (Å²) in [7, 11) is 0. The van der Waals surface area contributed by atoms with Crippen LogP contribution < -0.4 is 4.90 Å². The van der Waals surface area contributed by atoms with E-state index in [1.165, 1.54) is 54.5 Å². The SMILES string of the molecule is c1ccc(-c2ccc(-c3ccc(N(c4ccccc4-c4cccc5c4oc4ccccc45)c4cc5ccccc5c5ccccc45)cc3)c(-n3c4ccccc4c4ccccc43)c2)cc1. The maximum Gasteiger partial charge on any atom is 0.143 e. The van der Waals surface area contributed by atoms with Crippen molar-refractivity contribution in [2.45, 2.75) is 0 Å². The molecule has 0 saturated carbocycles. The molecule has 3 heteroatoms. The molecule has 11 aromatic carbocycles. The van der Waals surface area contributed by atoms with E-state index in [0.29, 0.717) is 0 Å². The molecule has 2 heterocycles. The molecule has 0 atom stereocenters. The highest BCUT2D eigenvalue weighted by molar-refractivity contribution is 6.16. The summed E-state index contributed by atoms with van der Waals surface area (Å²) < 4.78 is 9.14. The predicted molar refractivity (Wildman–Crippen MR) is 274 cm³/mol. The van der Waals surface area contributed by atoms with Crippen LogP contribution in [0.4, 0.5) is 17.1 Å². The van der Waals surface area contributed by atoms with Crippen molar-refractivity contribution in [2.75, 3.05) is 4.90 Å². The number of hydrogen-bond donors (Lipinski definition) is 0. The summed E-state index contributed by atoms with van der Waals surface area (Å²) >= 11 is 0. The Hall–Kier alpha value is -8.66. The monoisotopic (exact) mass is 828 g/mol. The van der Waals surface area contributed by atoms with Gasteiger partial charge in [0.2, 0.25) is 0 Å². The summed E-state index contributed by atoms with van der Waals surface area (Å²) in [5.74, 6) is 0.